The number of nitrogens with one attached hydrogen (secondary N) is 1. The van der Waals surface area contributed by atoms with Gasteiger partial charge in [0.05, 0.1) is 6.54 Å². The molecule has 0 saturated heterocycles. The monoisotopic (exact) mass is 376 g/mol. The van der Waals surface area contributed by atoms with Crippen LogP contribution in [0.4, 0.5) is 4.39 Å². The van der Waals surface area contributed by atoms with E-state index in [4.69, 9.17) is 9.26 Å². The highest BCUT2D eigenvalue weighted by molar-refractivity contribution is 5.84. The van der Waals surface area contributed by atoms with Crippen molar-refractivity contribution in [2.75, 3.05) is 6.61 Å². The third-order valence-electron chi connectivity index (χ3n) is 4.25. The van der Waals surface area contributed by atoms with Gasteiger partial charge in [0, 0.05) is 11.6 Å². The zero-order valence-corrected chi connectivity index (χ0v) is 14.9. The average molecular weight is 376 g/mol. The molecule has 0 atom stereocenters. The Morgan fingerprint density at radius 2 is 1.79 bits per heavy atom. The molecule has 1 aromatic heterocycles. The van der Waals surface area contributed by atoms with E-state index in [1.807, 2.05) is 42.5 Å². The second-order valence-electron chi connectivity index (χ2n) is 6.26. The number of aromatic nitrogens is 1. The van der Waals surface area contributed by atoms with Crippen LogP contribution in [0, 0.1) is 5.82 Å². The fraction of sp³-hybridized carbons (Fsp3) is 0.0909. The summed E-state index contributed by atoms with van der Waals surface area (Å²) in [5, 5.41) is 8.81. The Bertz CT molecular complexity index is 1110. The van der Waals surface area contributed by atoms with E-state index >= 15 is 0 Å². The van der Waals surface area contributed by atoms with E-state index in [2.05, 4.69) is 10.5 Å². The van der Waals surface area contributed by atoms with E-state index in [0.29, 0.717) is 22.8 Å². The maximum atomic E-state index is 13.0. The lowest BCUT2D eigenvalue weighted by Crippen LogP contribution is -2.28. The smallest absolute Gasteiger partial charge is 0.258 e. The van der Waals surface area contributed by atoms with Gasteiger partial charge in [-0.2, -0.15) is 0 Å². The van der Waals surface area contributed by atoms with Gasteiger partial charge in [0.1, 0.15) is 17.3 Å². The molecule has 0 aliphatic heterocycles. The van der Waals surface area contributed by atoms with E-state index in [1.165, 1.54) is 12.1 Å². The molecule has 1 heterocycles. The van der Waals surface area contributed by atoms with Gasteiger partial charge in [-0.25, -0.2) is 4.39 Å². The van der Waals surface area contributed by atoms with Crippen LogP contribution in [-0.2, 0) is 11.3 Å². The second kappa shape index (κ2) is 7.92. The second-order valence-corrected chi connectivity index (χ2v) is 6.26. The largest absolute Gasteiger partial charge is 0.484 e. The first-order valence-corrected chi connectivity index (χ1v) is 8.77. The van der Waals surface area contributed by atoms with E-state index in [9.17, 15) is 9.18 Å². The minimum Gasteiger partial charge on any atom is -0.484 e. The van der Waals surface area contributed by atoms with Crippen molar-refractivity contribution in [2.45, 2.75) is 6.54 Å². The first kappa shape index (κ1) is 17.7. The normalized spacial score (nSPS) is 10.8. The fourth-order valence-electron chi connectivity index (χ4n) is 2.79. The average Bonchev–Trinajstić information content (AvgIpc) is 3.20. The van der Waals surface area contributed by atoms with Crippen LogP contribution < -0.4 is 10.1 Å². The summed E-state index contributed by atoms with van der Waals surface area (Å²) in [6.07, 6.45) is 0. The lowest BCUT2D eigenvalue weighted by molar-refractivity contribution is -0.123. The maximum absolute atomic E-state index is 13.0. The molecule has 0 aliphatic rings. The number of nitrogens with zero attached hydrogens (tertiary/aromatic N) is 1. The molecule has 28 heavy (non-hydrogen) atoms. The van der Waals surface area contributed by atoms with Crippen LogP contribution in [0.5, 0.6) is 5.75 Å². The van der Waals surface area contributed by atoms with Gasteiger partial charge in [-0.05, 0) is 47.2 Å². The number of hydrogen-bond acceptors (Lipinski definition) is 4. The van der Waals surface area contributed by atoms with Crippen molar-refractivity contribution < 1.29 is 18.4 Å². The number of carbonyl (C=O) groups is 1. The van der Waals surface area contributed by atoms with Gasteiger partial charge in [-0.1, -0.05) is 35.5 Å². The van der Waals surface area contributed by atoms with E-state index in [0.717, 1.165) is 10.8 Å². The van der Waals surface area contributed by atoms with Crippen molar-refractivity contribution in [1.29, 1.82) is 0 Å². The molecule has 140 valence electrons. The molecule has 0 saturated carbocycles. The van der Waals surface area contributed by atoms with Gasteiger partial charge in [-0.3, -0.25) is 4.79 Å². The number of ether oxygens (including phenoxy) is 1. The van der Waals surface area contributed by atoms with E-state index in [1.54, 1.807) is 18.2 Å². The lowest BCUT2D eigenvalue weighted by atomic mass is 10.1. The molecule has 0 radical (unpaired) electrons. The summed E-state index contributed by atoms with van der Waals surface area (Å²) >= 11 is 0. The number of carbonyl (C=O) groups excluding carboxylic acids is 1. The molecule has 0 spiro atoms. The van der Waals surface area contributed by atoms with Gasteiger partial charge in [-0.15, -0.1) is 0 Å². The van der Waals surface area contributed by atoms with Crippen LogP contribution in [0.3, 0.4) is 0 Å². The maximum Gasteiger partial charge on any atom is 0.258 e. The molecule has 0 fully saturated rings. The minimum absolute atomic E-state index is 0.0962. The van der Waals surface area contributed by atoms with Gasteiger partial charge >= 0.3 is 0 Å². The van der Waals surface area contributed by atoms with Gasteiger partial charge in [0.2, 0.25) is 0 Å². The number of amides is 1. The molecular formula is C22H17FN2O3. The molecule has 0 aliphatic carbocycles. The number of hydrogen-bond donors (Lipinski definition) is 1. The van der Waals surface area contributed by atoms with Crippen molar-refractivity contribution >= 4 is 16.7 Å². The summed E-state index contributed by atoms with van der Waals surface area (Å²) < 4.78 is 23.8. The predicted molar refractivity (Wildman–Crippen MR) is 103 cm³/mol. The van der Waals surface area contributed by atoms with Crippen LogP contribution in [0.1, 0.15) is 5.69 Å². The summed E-state index contributed by atoms with van der Waals surface area (Å²) in [4.78, 5) is 12.0. The predicted octanol–water partition coefficient (Wildman–Crippen LogP) is 4.33. The molecule has 0 bridgehead atoms. The van der Waals surface area contributed by atoms with Crippen LogP contribution in [0.15, 0.2) is 77.3 Å². The Kier molecular flexibility index (Phi) is 5.01. The van der Waals surface area contributed by atoms with Crippen LogP contribution >= 0.6 is 0 Å². The highest BCUT2D eigenvalue weighted by Gasteiger charge is 2.09. The van der Waals surface area contributed by atoms with Gasteiger partial charge in [0.25, 0.3) is 5.91 Å². The number of fused-ring (bicyclic) bond motifs is 1. The van der Waals surface area contributed by atoms with Crippen LogP contribution in [-0.4, -0.2) is 17.7 Å². The molecule has 4 aromatic rings. The molecule has 1 amide bonds. The molecular weight excluding hydrogens is 359 g/mol. The first-order chi connectivity index (χ1) is 13.7. The number of benzene rings is 3. The first-order valence-electron chi connectivity index (χ1n) is 8.77. The minimum atomic E-state index is -0.317. The Balaban J connectivity index is 1.30. The van der Waals surface area contributed by atoms with Gasteiger partial charge in [0.15, 0.2) is 12.4 Å². The summed E-state index contributed by atoms with van der Waals surface area (Å²) in [5.74, 6) is 0.562. The SMILES string of the molecule is O=C(COc1ccc2ccccc2c1)NCc1cc(-c2ccc(F)cc2)on1. The molecule has 1 N–H and O–H groups in total. The Labute approximate surface area is 160 Å². The van der Waals surface area contributed by atoms with Crippen molar-refractivity contribution in [3.8, 4) is 17.1 Å². The topological polar surface area (TPSA) is 64.4 Å². The lowest BCUT2D eigenvalue weighted by Gasteiger charge is -2.07. The molecule has 3 aromatic carbocycles. The van der Waals surface area contributed by atoms with Crippen molar-refractivity contribution in [3.63, 3.8) is 0 Å². The zero-order chi connectivity index (χ0) is 19.3. The summed E-state index contributed by atoms with van der Waals surface area (Å²) in [6, 6.07) is 21.2. The molecule has 4 rings (SSSR count). The third kappa shape index (κ3) is 4.17. The quantitative estimate of drug-likeness (QED) is 0.544. The van der Waals surface area contributed by atoms with Gasteiger partial charge < -0.3 is 14.6 Å². The van der Waals surface area contributed by atoms with Crippen molar-refractivity contribution in [3.05, 3.63) is 84.3 Å². The van der Waals surface area contributed by atoms with Crippen LogP contribution in [0.25, 0.3) is 22.1 Å². The Hall–Kier alpha value is -3.67. The Morgan fingerprint density at radius 1 is 1.00 bits per heavy atom. The van der Waals surface area contributed by atoms with Crippen molar-refractivity contribution in [2.24, 2.45) is 0 Å². The van der Waals surface area contributed by atoms with E-state index in [-0.39, 0.29) is 24.9 Å². The fourth-order valence-corrected chi connectivity index (χ4v) is 2.79. The summed E-state index contributed by atoms with van der Waals surface area (Å²) in [7, 11) is 0. The Morgan fingerprint density at radius 3 is 2.61 bits per heavy atom. The molecule has 6 heteroatoms. The summed E-state index contributed by atoms with van der Waals surface area (Å²) in [6.45, 7) is 0.117. The molecule has 0 unspecified atom stereocenters. The molecule has 5 nitrogen and oxygen atoms in total. The highest BCUT2D eigenvalue weighted by Crippen LogP contribution is 2.21. The van der Waals surface area contributed by atoms with Crippen LogP contribution in [0.2, 0.25) is 0 Å². The zero-order valence-electron chi connectivity index (χ0n) is 14.9. The third-order valence-corrected chi connectivity index (χ3v) is 4.25. The van der Waals surface area contributed by atoms with E-state index < -0.39 is 0 Å². The number of rotatable bonds is 6. The number of halogens is 1. The van der Waals surface area contributed by atoms with Crippen molar-refractivity contribution in [1.82, 2.24) is 10.5 Å². The highest BCUT2D eigenvalue weighted by atomic mass is 19.1. The standard InChI is InChI=1S/C22H17FN2O3/c23-18-8-5-16(6-9-18)21-12-19(25-28-21)13-24-22(26)14-27-20-10-7-15-3-1-2-4-17(15)11-20/h1-12H,13-14H2,(H,24,26). The summed E-state index contributed by atoms with van der Waals surface area (Å²) in [5.41, 5.74) is 1.28.